The number of ether oxygens (including phenoxy) is 1. The van der Waals surface area contributed by atoms with E-state index in [1.165, 1.54) is 28.7 Å². The van der Waals surface area contributed by atoms with E-state index in [-0.39, 0.29) is 24.9 Å². The van der Waals surface area contributed by atoms with Gasteiger partial charge in [0.2, 0.25) is 5.91 Å². The number of nitrogen functional groups attached to an aromatic ring is 1. The number of hydrogen-bond acceptors (Lipinski definition) is 6. The van der Waals surface area contributed by atoms with E-state index in [0.717, 1.165) is 0 Å². The topological polar surface area (TPSA) is 111 Å². The van der Waals surface area contributed by atoms with Crippen LogP contribution in [-0.4, -0.2) is 44.8 Å². The first-order chi connectivity index (χ1) is 8.52. The molecular weight excluding hydrogens is 240 g/mol. The lowest BCUT2D eigenvalue weighted by atomic mass is 10.4. The summed E-state index contributed by atoms with van der Waals surface area (Å²) in [4.78, 5) is 27.9. The molecule has 2 rings (SSSR count). The molecule has 1 amide bonds. The number of rotatable bonds is 2. The van der Waals surface area contributed by atoms with Crippen LogP contribution in [0.1, 0.15) is 13.2 Å². The van der Waals surface area contributed by atoms with E-state index < -0.39 is 18.1 Å². The van der Waals surface area contributed by atoms with Gasteiger partial charge in [0.1, 0.15) is 5.82 Å². The first-order valence-electron chi connectivity index (χ1n) is 5.41. The number of aliphatic hydroxyl groups excluding tert-OH is 1. The average Bonchev–Trinajstić information content (AvgIpc) is 2.73. The summed E-state index contributed by atoms with van der Waals surface area (Å²) in [5, 5.41) is 9.12. The van der Waals surface area contributed by atoms with E-state index in [4.69, 9.17) is 15.6 Å². The largest absolute Gasteiger partial charge is 0.392 e. The molecule has 8 nitrogen and oxygen atoms in total. The molecule has 0 bridgehead atoms. The van der Waals surface area contributed by atoms with Crippen LogP contribution in [0.3, 0.4) is 0 Å². The minimum atomic E-state index is -0.739. The number of aromatic nitrogens is 2. The average molecular weight is 254 g/mol. The maximum atomic E-state index is 11.6. The van der Waals surface area contributed by atoms with E-state index >= 15 is 0 Å². The zero-order chi connectivity index (χ0) is 13.3. The molecule has 1 aliphatic heterocycles. The number of anilines is 1. The van der Waals surface area contributed by atoms with E-state index in [1.807, 2.05) is 0 Å². The number of carbonyl (C=O) groups is 1. The summed E-state index contributed by atoms with van der Waals surface area (Å²) in [5.41, 5.74) is 4.83. The normalized spacial score (nSPS) is 23.3. The number of nitrogens with zero attached hydrogens (tertiary/aromatic N) is 3. The summed E-state index contributed by atoms with van der Waals surface area (Å²) in [5.74, 6) is -0.107. The van der Waals surface area contributed by atoms with Crippen molar-refractivity contribution in [1.82, 2.24) is 14.5 Å². The Kier molecular flexibility index (Phi) is 3.30. The monoisotopic (exact) mass is 254 g/mol. The van der Waals surface area contributed by atoms with Gasteiger partial charge in [-0.05, 0) is 6.07 Å². The van der Waals surface area contributed by atoms with Gasteiger partial charge >= 0.3 is 5.69 Å². The Hall–Kier alpha value is -1.93. The molecule has 2 heterocycles. The molecule has 1 aliphatic rings. The van der Waals surface area contributed by atoms with Gasteiger partial charge in [-0.15, -0.1) is 0 Å². The lowest BCUT2D eigenvalue weighted by Gasteiger charge is -2.18. The van der Waals surface area contributed by atoms with Crippen LogP contribution in [0.5, 0.6) is 0 Å². The summed E-state index contributed by atoms with van der Waals surface area (Å²) in [6, 6.07) is 1.47. The Morgan fingerprint density at radius 2 is 2.44 bits per heavy atom. The zero-order valence-electron chi connectivity index (χ0n) is 9.81. The zero-order valence-corrected chi connectivity index (χ0v) is 9.81. The molecular formula is C10H14N4O4. The molecule has 1 fully saturated rings. The molecule has 1 aromatic heterocycles. The summed E-state index contributed by atoms with van der Waals surface area (Å²) in [6.45, 7) is 1.23. The molecule has 0 aliphatic carbocycles. The molecule has 0 saturated carbocycles. The number of carbonyl (C=O) groups excluding carboxylic acids is 1. The highest BCUT2D eigenvalue weighted by atomic mass is 16.6. The molecule has 0 radical (unpaired) electrons. The highest BCUT2D eigenvalue weighted by molar-refractivity contribution is 5.73. The third kappa shape index (κ3) is 2.20. The van der Waals surface area contributed by atoms with Crippen molar-refractivity contribution in [2.45, 2.75) is 19.4 Å². The van der Waals surface area contributed by atoms with Crippen LogP contribution in [-0.2, 0) is 9.53 Å². The Balaban J connectivity index is 2.26. The van der Waals surface area contributed by atoms with Crippen LogP contribution >= 0.6 is 0 Å². The van der Waals surface area contributed by atoms with E-state index in [0.29, 0.717) is 0 Å². The van der Waals surface area contributed by atoms with Gasteiger partial charge in [-0.25, -0.2) is 4.79 Å². The fraction of sp³-hybridized carbons (Fsp3) is 0.500. The predicted molar refractivity (Wildman–Crippen MR) is 61.3 cm³/mol. The third-order valence-electron chi connectivity index (χ3n) is 2.74. The molecule has 1 aromatic rings. The fourth-order valence-electron chi connectivity index (χ4n) is 1.86. The highest BCUT2D eigenvalue weighted by Crippen LogP contribution is 2.22. The quantitative estimate of drug-likeness (QED) is 0.666. The van der Waals surface area contributed by atoms with Crippen molar-refractivity contribution in [2.75, 3.05) is 18.9 Å². The lowest BCUT2D eigenvalue weighted by molar-refractivity contribution is -0.136. The van der Waals surface area contributed by atoms with Crippen molar-refractivity contribution in [1.29, 1.82) is 0 Å². The van der Waals surface area contributed by atoms with Crippen LogP contribution in [0.4, 0.5) is 5.82 Å². The highest BCUT2D eigenvalue weighted by Gasteiger charge is 2.35. The van der Waals surface area contributed by atoms with Gasteiger partial charge < -0.3 is 20.5 Å². The van der Waals surface area contributed by atoms with Crippen molar-refractivity contribution < 1.29 is 14.6 Å². The molecule has 98 valence electrons. The van der Waals surface area contributed by atoms with Crippen LogP contribution < -0.4 is 11.4 Å². The van der Waals surface area contributed by atoms with Crippen molar-refractivity contribution in [3.63, 3.8) is 0 Å². The third-order valence-corrected chi connectivity index (χ3v) is 2.74. The van der Waals surface area contributed by atoms with Crippen molar-refractivity contribution in [3.05, 3.63) is 22.7 Å². The molecule has 18 heavy (non-hydrogen) atoms. The number of hydrogen-bond donors (Lipinski definition) is 2. The standard InChI is InChI=1S/C10H14N4O4/c1-6(16)14-4-8(18-9(14)5-15)13-3-2-7(11)12-10(13)17/h2-3,8-9,15H,4-5H2,1H3,(H2,11,12,17)/t8-,9?/m1/s1. The molecule has 1 saturated heterocycles. The van der Waals surface area contributed by atoms with Crippen molar-refractivity contribution in [2.24, 2.45) is 0 Å². The summed E-state index contributed by atoms with van der Waals surface area (Å²) in [6.07, 6.45) is 0.0523. The molecule has 0 aromatic carbocycles. The minimum Gasteiger partial charge on any atom is -0.392 e. The Morgan fingerprint density at radius 1 is 1.72 bits per heavy atom. The van der Waals surface area contributed by atoms with Crippen molar-refractivity contribution in [3.8, 4) is 0 Å². The predicted octanol–water partition coefficient (Wildman–Crippen LogP) is -1.48. The Morgan fingerprint density at radius 3 is 2.94 bits per heavy atom. The number of nitrogens with two attached hydrogens (primary N) is 1. The smallest absolute Gasteiger partial charge is 0.351 e. The number of amides is 1. The first kappa shape index (κ1) is 12.5. The maximum absolute atomic E-state index is 11.6. The van der Waals surface area contributed by atoms with Crippen LogP contribution in [0.2, 0.25) is 0 Å². The fourth-order valence-corrected chi connectivity index (χ4v) is 1.86. The second-order valence-electron chi connectivity index (χ2n) is 3.94. The summed E-state index contributed by atoms with van der Waals surface area (Å²) in [7, 11) is 0. The molecule has 1 unspecified atom stereocenters. The van der Waals surface area contributed by atoms with Gasteiger partial charge in [0, 0.05) is 13.1 Å². The Bertz CT molecular complexity index is 515. The van der Waals surface area contributed by atoms with Crippen LogP contribution in [0, 0.1) is 0 Å². The van der Waals surface area contributed by atoms with Gasteiger partial charge in [-0.1, -0.05) is 0 Å². The molecule has 8 heteroatoms. The van der Waals surface area contributed by atoms with Gasteiger partial charge in [0.05, 0.1) is 13.2 Å². The number of aliphatic hydroxyl groups is 1. The van der Waals surface area contributed by atoms with E-state index in [9.17, 15) is 9.59 Å². The lowest BCUT2D eigenvalue weighted by Crippen LogP contribution is -2.36. The van der Waals surface area contributed by atoms with Gasteiger partial charge in [0.25, 0.3) is 0 Å². The summed E-state index contributed by atoms with van der Waals surface area (Å²) >= 11 is 0. The van der Waals surface area contributed by atoms with E-state index in [2.05, 4.69) is 4.98 Å². The van der Waals surface area contributed by atoms with Gasteiger partial charge in [-0.3, -0.25) is 9.36 Å². The van der Waals surface area contributed by atoms with Crippen molar-refractivity contribution >= 4 is 11.7 Å². The Labute approximate surface area is 103 Å². The summed E-state index contributed by atoms with van der Waals surface area (Å²) < 4.78 is 6.67. The molecule has 2 atom stereocenters. The van der Waals surface area contributed by atoms with Crippen LogP contribution in [0.25, 0.3) is 0 Å². The second kappa shape index (κ2) is 4.75. The molecule has 3 N–H and O–H groups in total. The second-order valence-corrected chi connectivity index (χ2v) is 3.94. The van der Waals surface area contributed by atoms with Gasteiger partial charge in [-0.2, -0.15) is 4.98 Å². The van der Waals surface area contributed by atoms with Crippen LogP contribution in [0.15, 0.2) is 17.1 Å². The first-order valence-corrected chi connectivity index (χ1v) is 5.41. The van der Waals surface area contributed by atoms with E-state index in [1.54, 1.807) is 0 Å². The minimum absolute atomic E-state index is 0.122. The van der Waals surface area contributed by atoms with Gasteiger partial charge in [0.15, 0.2) is 12.5 Å². The maximum Gasteiger partial charge on any atom is 0.351 e. The molecule has 0 spiro atoms. The SMILES string of the molecule is CC(=O)N1C[C@H](n2ccc(N)nc2=O)OC1CO.